The van der Waals surface area contributed by atoms with Crippen molar-refractivity contribution in [3.05, 3.63) is 59.4 Å². The molecule has 0 atom stereocenters. The van der Waals surface area contributed by atoms with Gasteiger partial charge in [0, 0.05) is 17.9 Å². The van der Waals surface area contributed by atoms with Gasteiger partial charge in [0.2, 0.25) is 11.8 Å². The van der Waals surface area contributed by atoms with E-state index in [2.05, 4.69) is 10.6 Å². The van der Waals surface area contributed by atoms with Gasteiger partial charge in [0.15, 0.2) is 0 Å². The number of halogens is 1. The smallest absolute Gasteiger partial charge is 0.234 e. The van der Waals surface area contributed by atoms with Crippen molar-refractivity contribution in [2.75, 3.05) is 11.1 Å². The first kappa shape index (κ1) is 16.5. The minimum Gasteiger partial charge on any atom is -0.352 e. The molecule has 0 spiro atoms. The summed E-state index contributed by atoms with van der Waals surface area (Å²) in [6, 6.07) is 12.2. The fraction of sp³-hybridized carbons (Fsp3) is 0.222. The molecule has 4 nitrogen and oxygen atoms in total. The van der Waals surface area contributed by atoms with Crippen LogP contribution in [0.1, 0.15) is 17.5 Å². The van der Waals surface area contributed by atoms with Gasteiger partial charge in [0.25, 0.3) is 0 Å². The fourth-order valence-corrected chi connectivity index (χ4v) is 3.27. The second-order valence-corrected chi connectivity index (χ2v) is 6.55. The molecule has 2 N–H and O–H groups in total. The van der Waals surface area contributed by atoms with Gasteiger partial charge < -0.3 is 10.6 Å². The van der Waals surface area contributed by atoms with E-state index in [-0.39, 0.29) is 24.1 Å². The number of carbonyl (C=O) groups excluding carboxylic acids is 2. The van der Waals surface area contributed by atoms with Gasteiger partial charge in [-0.15, -0.1) is 11.8 Å². The summed E-state index contributed by atoms with van der Waals surface area (Å²) in [7, 11) is 0. The lowest BCUT2D eigenvalue weighted by molar-refractivity contribution is -0.121. The van der Waals surface area contributed by atoms with E-state index in [9.17, 15) is 14.0 Å². The summed E-state index contributed by atoms with van der Waals surface area (Å²) in [5, 5.41) is 5.65. The fourth-order valence-electron chi connectivity index (χ4n) is 2.48. The Balaban J connectivity index is 1.52. The van der Waals surface area contributed by atoms with Crippen molar-refractivity contribution >= 4 is 29.3 Å². The molecule has 1 aliphatic rings. The van der Waals surface area contributed by atoms with Gasteiger partial charge in [-0.25, -0.2) is 4.39 Å². The molecule has 1 heterocycles. The van der Waals surface area contributed by atoms with E-state index in [1.165, 1.54) is 17.8 Å². The molecule has 1 aliphatic heterocycles. The van der Waals surface area contributed by atoms with Crippen LogP contribution in [0.2, 0.25) is 0 Å². The van der Waals surface area contributed by atoms with E-state index in [0.717, 1.165) is 16.1 Å². The first-order chi connectivity index (χ1) is 11.6. The van der Waals surface area contributed by atoms with Crippen LogP contribution in [0, 0.1) is 5.82 Å². The zero-order chi connectivity index (χ0) is 16.9. The van der Waals surface area contributed by atoms with Crippen LogP contribution in [0.25, 0.3) is 0 Å². The number of benzene rings is 2. The second kappa shape index (κ2) is 7.49. The molecule has 24 heavy (non-hydrogen) atoms. The number of hydrogen-bond acceptors (Lipinski definition) is 3. The van der Waals surface area contributed by atoms with Crippen molar-refractivity contribution in [2.24, 2.45) is 0 Å². The largest absolute Gasteiger partial charge is 0.352 e. The molecule has 0 unspecified atom stereocenters. The molecule has 3 rings (SSSR count). The lowest BCUT2D eigenvalue weighted by Gasteiger charge is -2.17. The number of amides is 2. The zero-order valence-electron chi connectivity index (χ0n) is 13.0. The molecule has 0 bridgehead atoms. The van der Waals surface area contributed by atoms with Crippen LogP contribution >= 0.6 is 11.8 Å². The maximum atomic E-state index is 13.5. The normalized spacial score (nSPS) is 13.1. The van der Waals surface area contributed by atoms with Crippen LogP contribution in [0.5, 0.6) is 0 Å². The number of fused-ring (bicyclic) bond motifs is 1. The van der Waals surface area contributed by atoms with Crippen molar-refractivity contribution in [2.45, 2.75) is 24.3 Å². The third kappa shape index (κ3) is 4.14. The Morgan fingerprint density at radius 1 is 1.25 bits per heavy atom. The van der Waals surface area contributed by atoms with Crippen LogP contribution in [0.15, 0.2) is 47.4 Å². The van der Waals surface area contributed by atoms with Gasteiger partial charge in [0.05, 0.1) is 11.4 Å². The number of hydrogen-bond donors (Lipinski definition) is 2. The van der Waals surface area contributed by atoms with Crippen molar-refractivity contribution in [1.29, 1.82) is 0 Å². The number of aryl methyl sites for hydroxylation is 1. The lowest BCUT2D eigenvalue weighted by atomic mass is 10.1. The van der Waals surface area contributed by atoms with E-state index >= 15 is 0 Å². The van der Waals surface area contributed by atoms with Gasteiger partial charge in [-0.3, -0.25) is 9.59 Å². The van der Waals surface area contributed by atoms with Crippen molar-refractivity contribution < 1.29 is 14.0 Å². The summed E-state index contributed by atoms with van der Waals surface area (Å²) < 4.78 is 13.5. The molecule has 0 saturated heterocycles. The topological polar surface area (TPSA) is 58.2 Å². The van der Waals surface area contributed by atoms with Crippen LogP contribution in [0.4, 0.5) is 10.1 Å². The third-order valence-corrected chi connectivity index (χ3v) is 4.82. The van der Waals surface area contributed by atoms with E-state index < -0.39 is 0 Å². The summed E-state index contributed by atoms with van der Waals surface area (Å²) in [5.74, 6) is 0.000234. The zero-order valence-corrected chi connectivity index (χ0v) is 13.8. The summed E-state index contributed by atoms with van der Waals surface area (Å²) in [4.78, 5) is 24.4. The minimum absolute atomic E-state index is 0.0152. The average molecular weight is 344 g/mol. The molecule has 2 aromatic rings. The Morgan fingerprint density at radius 2 is 2.08 bits per heavy atom. The summed E-state index contributed by atoms with van der Waals surface area (Å²) in [5.41, 5.74) is 2.24. The number of rotatable bonds is 5. The highest BCUT2D eigenvalue weighted by molar-refractivity contribution is 8.00. The van der Waals surface area contributed by atoms with E-state index in [1.54, 1.807) is 18.2 Å². The molecule has 124 valence electrons. The number of thioether (sulfide) groups is 1. The molecule has 0 aromatic heterocycles. The summed E-state index contributed by atoms with van der Waals surface area (Å²) in [6.07, 6.45) is 0.605. The van der Waals surface area contributed by atoms with E-state index in [1.807, 2.05) is 18.2 Å². The highest BCUT2D eigenvalue weighted by Crippen LogP contribution is 2.31. The molecule has 2 aromatic carbocycles. The Kier molecular flexibility index (Phi) is 5.15. The maximum Gasteiger partial charge on any atom is 0.234 e. The van der Waals surface area contributed by atoms with Crippen molar-refractivity contribution in [3.8, 4) is 0 Å². The van der Waals surface area contributed by atoms with E-state index in [0.29, 0.717) is 24.3 Å². The quantitative estimate of drug-likeness (QED) is 0.876. The monoisotopic (exact) mass is 344 g/mol. The van der Waals surface area contributed by atoms with Crippen molar-refractivity contribution in [3.63, 3.8) is 0 Å². The maximum absolute atomic E-state index is 13.5. The Hall–Kier alpha value is -2.34. The molecule has 0 saturated carbocycles. The standard InChI is InChI=1S/C18H17FN2O2S/c19-14-4-2-1-3-13(14)6-8-17(22)20-10-12-5-7-16-15(9-12)21-18(23)11-24-16/h1-5,7,9H,6,8,10-11H2,(H,20,22)(H,21,23). The van der Waals surface area contributed by atoms with Gasteiger partial charge >= 0.3 is 0 Å². The lowest BCUT2D eigenvalue weighted by Crippen LogP contribution is -2.23. The first-order valence-corrected chi connectivity index (χ1v) is 8.66. The van der Waals surface area contributed by atoms with Gasteiger partial charge in [-0.1, -0.05) is 24.3 Å². The summed E-state index contributed by atoms with van der Waals surface area (Å²) >= 11 is 1.50. The predicted molar refractivity (Wildman–Crippen MR) is 92.4 cm³/mol. The molecule has 2 amide bonds. The Morgan fingerprint density at radius 3 is 2.92 bits per heavy atom. The van der Waals surface area contributed by atoms with Gasteiger partial charge in [-0.2, -0.15) is 0 Å². The van der Waals surface area contributed by atoms with Crippen LogP contribution in [-0.2, 0) is 22.6 Å². The third-order valence-electron chi connectivity index (χ3n) is 3.75. The molecular formula is C18H17FN2O2S. The average Bonchev–Trinajstić information content (AvgIpc) is 2.59. The molecule has 0 radical (unpaired) electrons. The Bertz CT molecular complexity index is 779. The molecule has 0 aliphatic carbocycles. The predicted octanol–water partition coefficient (Wildman–Crippen LogP) is 3.12. The van der Waals surface area contributed by atoms with E-state index in [4.69, 9.17) is 0 Å². The van der Waals surface area contributed by atoms with Gasteiger partial charge in [-0.05, 0) is 35.7 Å². The first-order valence-electron chi connectivity index (χ1n) is 7.67. The SMILES string of the molecule is O=C(CCc1ccccc1F)NCc1ccc2c(c1)NC(=O)CS2. The summed E-state index contributed by atoms with van der Waals surface area (Å²) in [6.45, 7) is 0.379. The number of anilines is 1. The minimum atomic E-state index is -0.284. The molecule has 0 fully saturated rings. The highest BCUT2D eigenvalue weighted by Gasteiger charge is 2.15. The molecule has 6 heteroatoms. The van der Waals surface area contributed by atoms with Crippen LogP contribution in [0.3, 0.4) is 0 Å². The Labute approximate surface area is 143 Å². The van der Waals surface area contributed by atoms with Crippen LogP contribution in [-0.4, -0.2) is 17.6 Å². The highest BCUT2D eigenvalue weighted by atomic mass is 32.2. The van der Waals surface area contributed by atoms with Gasteiger partial charge in [0.1, 0.15) is 5.82 Å². The second-order valence-electron chi connectivity index (χ2n) is 5.54. The number of carbonyl (C=O) groups is 2. The molecular weight excluding hydrogens is 327 g/mol. The van der Waals surface area contributed by atoms with Crippen LogP contribution < -0.4 is 10.6 Å². The van der Waals surface area contributed by atoms with Crippen molar-refractivity contribution in [1.82, 2.24) is 5.32 Å². The number of nitrogens with one attached hydrogen (secondary N) is 2.